The second-order valence-electron chi connectivity index (χ2n) is 7.14. The summed E-state index contributed by atoms with van der Waals surface area (Å²) in [5, 5.41) is 3.40. The molecule has 0 aromatic heterocycles. The quantitative estimate of drug-likeness (QED) is 0.792. The fourth-order valence-corrected chi connectivity index (χ4v) is 3.49. The van der Waals surface area contributed by atoms with Crippen molar-refractivity contribution in [2.45, 2.75) is 26.0 Å². The van der Waals surface area contributed by atoms with Gasteiger partial charge < -0.3 is 19.7 Å². The number of nitrogens with zero attached hydrogens (tertiary/aromatic N) is 1. The lowest BCUT2D eigenvalue weighted by molar-refractivity contribution is 0.0281. The maximum absolute atomic E-state index is 12.9. The molecule has 1 aromatic carbocycles. The zero-order valence-corrected chi connectivity index (χ0v) is 17.3. The van der Waals surface area contributed by atoms with Crippen LogP contribution in [0.4, 0.5) is 5.69 Å². The lowest BCUT2D eigenvalue weighted by atomic mass is 10.0. The second-order valence-corrected chi connectivity index (χ2v) is 8.89. The Balaban J connectivity index is 2.38. The molecule has 1 heterocycles. The van der Waals surface area contributed by atoms with Crippen LogP contribution < -0.4 is 14.8 Å². The molecule has 0 saturated carbocycles. The molecule has 1 aliphatic heterocycles. The second kappa shape index (κ2) is 8.90. The summed E-state index contributed by atoms with van der Waals surface area (Å²) >= 11 is 0. The van der Waals surface area contributed by atoms with Crippen molar-refractivity contribution >= 4 is 21.6 Å². The minimum absolute atomic E-state index is 0.0524. The fourth-order valence-electron chi connectivity index (χ4n) is 2.93. The summed E-state index contributed by atoms with van der Waals surface area (Å²) in [4.78, 5) is 14.5. The van der Waals surface area contributed by atoms with Gasteiger partial charge in [0.05, 0.1) is 23.6 Å². The maximum atomic E-state index is 12.9. The third-order valence-corrected chi connectivity index (χ3v) is 5.14. The van der Waals surface area contributed by atoms with Gasteiger partial charge in [-0.25, -0.2) is 8.42 Å². The molecule has 152 valence electrons. The normalized spacial score (nSPS) is 25.0. The van der Waals surface area contributed by atoms with E-state index < -0.39 is 10.0 Å². The highest BCUT2D eigenvalue weighted by atomic mass is 32.2. The standard InChI is InChI=1S/C18H29N3O5S/c1-12-9-19-13(2)11-26-16-8-14(20-27(5,23)24)6-7-15(16)18(22)21(3)10-17(12)25-4/h6-8,12-13,17,19-20H,9-11H2,1-5H3/t12-,13+,17+/m0/s1. The Morgan fingerprint density at radius 2 is 2.04 bits per heavy atom. The first kappa shape index (κ1) is 21.5. The van der Waals surface area contributed by atoms with Crippen LogP contribution in [0.2, 0.25) is 0 Å². The average Bonchev–Trinajstić information content (AvgIpc) is 2.59. The van der Waals surface area contributed by atoms with Crippen LogP contribution in [0.5, 0.6) is 5.75 Å². The number of ether oxygens (including phenoxy) is 2. The lowest BCUT2D eigenvalue weighted by Gasteiger charge is -2.30. The lowest BCUT2D eigenvalue weighted by Crippen LogP contribution is -2.44. The smallest absolute Gasteiger partial charge is 0.257 e. The van der Waals surface area contributed by atoms with Crippen molar-refractivity contribution < 1.29 is 22.7 Å². The summed E-state index contributed by atoms with van der Waals surface area (Å²) < 4.78 is 36.8. The van der Waals surface area contributed by atoms with Gasteiger partial charge in [0, 0.05) is 39.4 Å². The number of amides is 1. The Bertz CT molecular complexity index is 768. The molecular weight excluding hydrogens is 370 g/mol. The number of benzene rings is 1. The summed E-state index contributed by atoms with van der Waals surface area (Å²) in [6.45, 7) is 5.59. The molecule has 0 radical (unpaired) electrons. The summed E-state index contributed by atoms with van der Waals surface area (Å²) in [6, 6.07) is 4.73. The van der Waals surface area contributed by atoms with E-state index in [1.165, 1.54) is 6.07 Å². The van der Waals surface area contributed by atoms with Crippen molar-refractivity contribution in [1.29, 1.82) is 0 Å². The van der Waals surface area contributed by atoms with E-state index in [0.717, 1.165) is 12.8 Å². The number of methoxy groups -OCH3 is 1. The van der Waals surface area contributed by atoms with Crippen LogP contribution in [-0.2, 0) is 14.8 Å². The fraction of sp³-hybridized carbons (Fsp3) is 0.611. The van der Waals surface area contributed by atoms with Gasteiger partial charge in [-0.3, -0.25) is 9.52 Å². The number of hydrogen-bond acceptors (Lipinski definition) is 6. The highest BCUT2D eigenvalue weighted by Crippen LogP contribution is 2.26. The molecule has 9 heteroatoms. The third-order valence-electron chi connectivity index (χ3n) is 4.53. The van der Waals surface area contributed by atoms with Gasteiger partial charge in [0.15, 0.2) is 0 Å². The first-order valence-corrected chi connectivity index (χ1v) is 10.8. The predicted molar refractivity (Wildman–Crippen MR) is 105 cm³/mol. The summed E-state index contributed by atoms with van der Waals surface area (Å²) in [6.07, 6.45) is 0.971. The van der Waals surface area contributed by atoms with E-state index in [1.54, 1.807) is 31.2 Å². The molecule has 0 aliphatic carbocycles. The molecule has 1 aliphatic rings. The number of likely N-dealkylation sites (N-methyl/N-ethyl adjacent to an activating group) is 1. The minimum atomic E-state index is -3.43. The van der Waals surface area contributed by atoms with Gasteiger partial charge >= 0.3 is 0 Å². The number of sulfonamides is 1. The number of hydrogen-bond donors (Lipinski definition) is 2. The SMILES string of the molecule is CO[C@@H]1CN(C)C(=O)c2ccc(NS(C)(=O)=O)cc2OC[C@@H](C)NC[C@@H]1C. The molecule has 0 saturated heterocycles. The highest BCUT2D eigenvalue weighted by Gasteiger charge is 2.25. The van der Waals surface area contributed by atoms with Gasteiger partial charge in [0.1, 0.15) is 12.4 Å². The zero-order valence-electron chi connectivity index (χ0n) is 16.5. The maximum Gasteiger partial charge on any atom is 0.257 e. The Morgan fingerprint density at radius 3 is 2.67 bits per heavy atom. The van der Waals surface area contributed by atoms with Gasteiger partial charge in [-0.15, -0.1) is 0 Å². The van der Waals surface area contributed by atoms with Crippen LogP contribution in [-0.4, -0.2) is 71.5 Å². The van der Waals surface area contributed by atoms with E-state index in [2.05, 4.69) is 17.0 Å². The molecule has 2 N–H and O–H groups in total. The molecule has 27 heavy (non-hydrogen) atoms. The third kappa shape index (κ3) is 6.08. The summed E-state index contributed by atoms with van der Waals surface area (Å²) in [5.74, 6) is 0.357. The number of carbonyl (C=O) groups excluding carboxylic acids is 1. The zero-order chi connectivity index (χ0) is 20.2. The molecule has 0 bridgehead atoms. The molecular formula is C18H29N3O5S. The summed E-state index contributed by atoms with van der Waals surface area (Å²) in [7, 11) is -0.0600. The monoisotopic (exact) mass is 399 g/mol. The van der Waals surface area contributed by atoms with Crippen LogP contribution >= 0.6 is 0 Å². The molecule has 8 nitrogen and oxygen atoms in total. The van der Waals surface area contributed by atoms with Crippen molar-refractivity contribution in [2.24, 2.45) is 5.92 Å². The van der Waals surface area contributed by atoms with Crippen molar-refractivity contribution in [1.82, 2.24) is 10.2 Å². The van der Waals surface area contributed by atoms with Crippen molar-refractivity contribution in [3.8, 4) is 5.75 Å². The van der Waals surface area contributed by atoms with Gasteiger partial charge in [0.2, 0.25) is 10.0 Å². The van der Waals surface area contributed by atoms with Crippen molar-refractivity contribution in [2.75, 3.05) is 44.8 Å². The van der Waals surface area contributed by atoms with Crippen molar-refractivity contribution in [3.05, 3.63) is 23.8 Å². The number of carbonyl (C=O) groups is 1. The summed E-state index contributed by atoms with van der Waals surface area (Å²) in [5.41, 5.74) is 0.731. The number of rotatable bonds is 3. The number of anilines is 1. The number of fused-ring (bicyclic) bond motifs is 1. The molecule has 0 spiro atoms. The van der Waals surface area contributed by atoms with Crippen LogP contribution in [0.3, 0.4) is 0 Å². The van der Waals surface area contributed by atoms with E-state index in [-0.39, 0.29) is 24.0 Å². The predicted octanol–water partition coefficient (Wildman–Crippen LogP) is 1.15. The molecule has 3 atom stereocenters. The number of nitrogens with one attached hydrogen (secondary N) is 2. The average molecular weight is 400 g/mol. The molecule has 1 amide bonds. The van der Waals surface area contributed by atoms with E-state index in [4.69, 9.17) is 9.47 Å². The molecule has 1 aromatic rings. The van der Waals surface area contributed by atoms with Crippen LogP contribution in [0.1, 0.15) is 24.2 Å². The van der Waals surface area contributed by atoms with Gasteiger partial charge in [0.25, 0.3) is 5.91 Å². The topological polar surface area (TPSA) is 97.0 Å². The van der Waals surface area contributed by atoms with Crippen LogP contribution in [0.15, 0.2) is 18.2 Å². The van der Waals surface area contributed by atoms with Gasteiger partial charge in [-0.2, -0.15) is 0 Å². The highest BCUT2D eigenvalue weighted by molar-refractivity contribution is 7.92. The van der Waals surface area contributed by atoms with Gasteiger partial charge in [-0.05, 0) is 25.0 Å². The molecule has 0 fully saturated rings. The largest absolute Gasteiger partial charge is 0.491 e. The Morgan fingerprint density at radius 1 is 1.33 bits per heavy atom. The Labute approximate surface area is 161 Å². The first-order chi connectivity index (χ1) is 12.6. The van der Waals surface area contributed by atoms with Crippen LogP contribution in [0, 0.1) is 5.92 Å². The van der Waals surface area contributed by atoms with E-state index >= 15 is 0 Å². The minimum Gasteiger partial charge on any atom is -0.491 e. The molecule has 2 rings (SSSR count). The van der Waals surface area contributed by atoms with E-state index in [9.17, 15) is 13.2 Å². The van der Waals surface area contributed by atoms with Gasteiger partial charge in [-0.1, -0.05) is 6.92 Å². The Hall–Kier alpha value is -1.84. The van der Waals surface area contributed by atoms with E-state index in [1.807, 2.05) is 6.92 Å². The van der Waals surface area contributed by atoms with Crippen molar-refractivity contribution in [3.63, 3.8) is 0 Å². The van der Waals surface area contributed by atoms with Crippen LogP contribution in [0.25, 0.3) is 0 Å². The first-order valence-electron chi connectivity index (χ1n) is 8.87. The molecule has 0 unspecified atom stereocenters. The Kier molecular flexibility index (Phi) is 7.07. The van der Waals surface area contributed by atoms with E-state index in [0.29, 0.717) is 30.2 Å².